The molecule has 0 saturated carbocycles. The van der Waals surface area contributed by atoms with E-state index < -0.39 is 0 Å². The van der Waals surface area contributed by atoms with Crippen LogP contribution in [0.1, 0.15) is 36.8 Å². The molecule has 21 heavy (non-hydrogen) atoms. The van der Waals surface area contributed by atoms with Crippen molar-refractivity contribution in [1.82, 2.24) is 10.2 Å². The summed E-state index contributed by atoms with van der Waals surface area (Å²) < 4.78 is 0. The maximum absolute atomic E-state index is 6.03. The Kier molecular flexibility index (Phi) is 6.36. The van der Waals surface area contributed by atoms with E-state index in [-0.39, 0.29) is 12.4 Å². The average molecular weight is 329 g/mol. The van der Waals surface area contributed by atoms with Crippen LogP contribution in [0, 0.1) is 12.8 Å². The first kappa shape index (κ1) is 17.1. The molecule has 3 rings (SSSR count). The number of nitrogens with zero attached hydrogens (tertiary/aromatic N) is 1. The molecular formula is C17H26Cl2N2. The minimum Gasteiger partial charge on any atom is -0.314 e. The zero-order valence-corrected chi connectivity index (χ0v) is 14.3. The highest BCUT2D eigenvalue weighted by Gasteiger charge is 2.28. The van der Waals surface area contributed by atoms with Gasteiger partial charge in [0.25, 0.3) is 0 Å². The van der Waals surface area contributed by atoms with E-state index in [9.17, 15) is 0 Å². The van der Waals surface area contributed by atoms with Crippen molar-refractivity contribution < 1.29 is 0 Å². The molecule has 2 aliphatic heterocycles. The molecule has 0 aromatic heterocycles. The zero-order chi connectivity index (χ0) is 13.9. The van der Waals surface area contributed by atoms with Crippen LogP contribution >= 0.6 is 24.0 Å². The number of piperidine rings is 1. The molecule has 118 valence electrons. The number of rotatable bonds is 3. The molecule has 2 heterocycles. The van der Waals surface area contributed by atoms with Crippen molar-refractivity contribution in [3.8, 4) is 0 Å². The van der Waals surface area contributed by atoms with Gasteiger partial charge in [0.15, 0.2) is 0 Å². The Morgan fingerprint density at radius 3 is 2.62 bits per heavy atom. The van der Waals surface area contributed by atoms with Gasteiger partial charge in [0.05, 0.1) is 0 Å². The van der Waals surface area contributed by atoms with E-state index in [4.69, 9.17) is 11.6 Å². The lowest BCUT2D eigenvalue weighted by molar-refractivity contribution is 0.157. The van der Waals surface area contributed by atoms with Crippen molar-refractivity contribution >= 4 is 24.0 Å². The first-order valence-electron chi connectivity index (χ1n) is 7.93. The zero-order valence-electron chi connectivity index (χ0n) is 12.8. The summed E-state index contributed by atoms with van der Waals surface area (Å²) in [7, 11) is 0. The van der Waals surface area contributed by atoms with E-state index in [2.05, 4.69) is 29.3 Å². The van der Waals surface area contributed by atoms with Gasteiger partial charge in [0, 0.05) is 17.6 Å². The largest absolute Gasteiger partial charge is 0.314 e. The lowest BCUT2D eigenvalue weighted by atomic mass is 9.88. The Labute approximate surface area is 139 Å². The van der Waals surface area contributed by atoms with Crippen LogP contribution in [-0.2, 0) is 6.54 Å². The van der Waals surface area contributed by atoms with Crippen molar-refractivity contribution in [1.29, 1.82) is 0 Å². The van der Waals surface area contributed by atoms with E-state index in [0.717, 1.165) is 23.5 Å². The van der Waals surface area contributed by atoms with Crippen LogP contribution in [0.15, 0.2) is 18.2 Å². The summed E-state index contributed by atoms with van der Waals surface area (Å²) >= 11 is 6.03. The van der Waals surface area contributed by atoms with Gasteiger partial charge in [-0.2, -0.15) is 0 Å². The quantitative estimate of drug-likeness (QED) is 0.900. The average Bonchev–Trinajstić information content (AvgIpc) is 2.97. The molecule has 0 spiro atoms. The third kappa shape index (κ3) is 4.35. The first-order chi connectivity index (χ1) is 9.72. The van der Waals surface area contributed by atoms with Crippen LogP contribution in [0.2, 0.25) is 5.02 Å². The number of benzene rings is 1. The normalized spacial score (nSPS) is 24.0. The van der Waals surface area contributed by atoms with Crippen LogP contribution in [-0.4, -0.2) is 30.6 Å². The van der Waals surface area contributed by atoms with Crippen LogP contribution in [0.5, 0.6) is 0 Å². The lowest BCUT2D eigenvalue weighted by Crippen LogP contribution is -2.40. The number of aryl methyl sites for hydroxylation is 1. The molecule has 2 saturated heterocycles. The molecule has 1 atom stereocenters. The highest BCUT2D eigenvalue weighted by Crippen LogP contribution is 2.27. The highest BCUT2D eigenvalue weighted by molar-refractivity contribution is 6.30. The minimum absolute atomic E-state index is 0. The molecule has 0 bridgehead atoms. The fourth-order valence-corrected chi connectivity index (χ4v) is 3.93. The van der Waals surface area contributed by atoms with E-state index >= 15 is 0 Å². The molecule has 1 N–H and O–H groups in total. The van der Waals surface area contributed by atoms with Gasteiger partial charge < -0.3 is 5.32 Å². The number of likely N-dealkylation sites (tertiary alicyclic amines) is 1. The van der Waals surface area contributed by atoms with Crippen molar-refractivity contribution in [3.63, 3.8) is 0 Å². The number of halogens is 2. The van der Waals surface area contributed by atoms with Crippen molar-refractivity contribution in [2.75, 3.05) is 19.6 Å². The van der Waals surface area contributed by atoms with Gasteiger partial charge in [0.2, 0.25) is 0 Å². The van der Waals surface area contributed by atoms with Gasteiger partial charge in [-0.05, 0) is 81.4 Å². The monoisotopic (exact) mass is 328 g/mol. The maximum atomic E-state index is 6.03. The Balaban J connectivity index is 0.00000161. The highest BCUT2D eigenvalue weighted by atomic mass is 35.5. The van der Waals surface area contributed by atoms with Crippen LogP contribution in [0.25, 0.3) is 0 Å². The summed E-state index contributed by atoms with van der Waals surface area (Å²) in [5, 5.41) is 4.52. The summed E-state index contributed by atoms with van der Waals surface area (Å²) in [6.45, 7) is 6.95. The predicted molar refractivity (Wildman–Crippen MR) is 92.5 cm³/mol. The van der Waals surface area contributed by atoms with Gasteiger partial charge in [0.1, 0.15) is 0 Å². The third-order valence-corrected chi connectivity index (χ3v) is 5.23. The van der Waals surface area contributed by atoms with E-state index in [0.29, 0.717) is 0 Å². The van der Waals surface area contributed by atoms with Gasteiger partial charge in [-0.15, -0.1) is 12.4 Å². The number of hydrogen-bond donors (Lipinski definition) is 1. The summed E-state index contributed by atoms with van der Waals surface area (Å²) in [5.41, 5.74) is 2.74. The lowest BCUT2D eigenvalue weighted by Gasteiger charge is -2.35. The standard InChI is InChI=1S/C17H25ClN2.ClH/c1-13-11-16(18)5-4-15(13)12-20-9-6-14(7-10-20)17-3-2-8-19-17;/h4-5,11,14,17,19H,2-3,6-10,12H2,1H3;1H. The maximum Gasteiger partial charge on any atom is 0.0408 e. The van der Waals surface area contributed by atoms with Crippen molar-refractivity contribution in [3.05, 3.63) is 34.3 Å². The van der Waals surface area contributed by atoms with Crippen molar-refractivity contribution in [2.45, 2.75) is 45.2 Å². The Morgan fingerprint density at radius 1 is 1.24 bits per heavy atom. The molecule has 0 radical (unpaired) electrons. The molecule has 1 unspecified atom stereocenters. The van der Waals surface area contributed by atoms with Crippen LogP contribution < -0.4 is 5.32 Å². The molecule has 2 nitrogen and oxygen atoms in total. The Hall–Kier alpha value is -0.280. The number of nitrogens with one attached hydrogen (secondary N) is 1. The van der Waals surface area contributed by atoms with Gasteiger partial charge in [-0.1, -0.05) is 17.7 Å². The molecule has 0 amide bonds. The van der Waals surface area contributed by atoms with E-state index in [1.165, 1.54) is 56.4 Å². The fourth-order valence-electron chi connectivity index (χ4n) is 3.70. The molecule has 1 aromatic carbocycles. The summed E-state index contributed by atoms with van der Waals surface area (Å²) in [4.78, 5) is 2.60. The van der Waals surface area contributed by atoms with E-state index in [1.54, 1.807) is 0 Å². The smallest absolute Gasteiger partial charge is 0.0408 e. The molecule has 0 aliphatic carbocycles. The topological polar surface area (TPSA) is 15.3 Å². The second-order valence-electron chi connectivity index (χ2n) is 6.39. The van der Waals surface area contributed by atoms with Gasteiger partial charge in [-0.3, -0.25) is 4.90 Å². The van der Waals surface area contributed by atoms with Crippen LogP contribution in [0.3, 0.4) is 0 Å². The summed E-state index contributed by atoms with van der Waals surface area (Å²) in [5.74, 6) is 0.903. The molecule has 1 aromatic rings. The first-order valence-corrected chi connectivity index (χ1v) is 8.31. The Bertz CT molecular complexity index is 450. The van der Waals surface area contributed by atoms with Gasteiger partial charge in [-0.25, -0.2) is 0 Å². The third-order valence-electron chi connectivity index (χ3n) is 5.00. The van der Waals surface area contributed by atoms with E-state index in [1.807, 2.05) is 6.07 Å². The second-order valence-corrected chi connectivity index (χ2v) is 6.82. The van der Waals surface area contributed by atoms with Crippen molar-refractivity contribution in [2.24, 2.45) is 5.92 Å². The molecule has 2 aliphatic rings. The summed E-state index contributed by atoms with van der Waals surface area (Å²) in [6.07, 6.45) is 5.46. The second kappa shape index (κ2) is 7.82. The fraction of sp³-hybridized carbons (Fsp3) is 0.647. The summed E-state index contributed by atoms with van der Waals surface area (Å²) in [6, 6.07) is 7.07. The molecule has 2 fully saturated rings. The molecular weight excluding hydrogens is 303 g/mol. The SMILES string of the molecule is Cc1cc(Cl)ccc1CN1CCC(C2CCCN2)CC1.Cl. The van der Waals surface area contributed by atoms with Gasteiger partial charge >= 0.3 is 0 Å². The van der Waals surface area contributed by atoms with Crippen LogP contribution in [0.4, 0.5) is 0 Å². The minimum atomic E-state index is 0. The Morgan fingerprint density at radius 2 is 2.00 bits per heavy atom. The predicted octanol–water partition coefficient (Wildman–Crippen LogP) is 4.03. The molecule has 4 heteroatoms. The number of hydrogen-bond acceptors (Lipinski definition) is 2.